The highest BCUT2D eigenvalue weighted by molar-refractivity contribution is 6.31. The summed E-state index contributed by atoms with van der Waals surface area (Å²) in [4.78, 5) is 16.1. The molecule has 1 fully saturated rings. The highest BCUT2D eigenvalue weighted by Crippen LogP contribution is 2.31. The van der Waals surface area contributed by atoms with Gasteiger partial charge in [0.1, 0.15) is 0 Å². The molecule has 1 aromatic rings. The molecule has 0 unspecified atom stereocenters. The molecular weight excluding hydrogens is 302 g/mol. The van der Waals surface area contributed by atoms with Gasteiger partial charge in [-0.2, -0.15) is 0 Å². The van der Waals surface area contributed by atoms with E-state index in [0.717, 1.165) is 37.3 Å². The van der Waals surface area contributed by atoms with Gasteiger partial charge in [0.15, 0.2) is 0 Å². The monoisotopic (exact) mass is 325 g/mol. The summed E-state index contributed by atoms with van der Waals surface area (Å²) in [5.74, 6) is 0. The first-order valence-corrected chi connectivity index (χ1v) is 8.10. The van der Waals surface area contributed by atoms with E-state index < -0.39 is 0 Å². The summed E-state index contributed by atoms with van der Waals surface area (Å²) in [6, 6.07) is 5.10. The number of piperidine rings is 1. The van der Waals surface area contributed by atoms with Crippen LogP contribution < -0.4 is 10.2 Å². The summed E-state index contributed by atoms with van der Waals surface area (Å²) >= 11 is 6.09. The minimum Gasteiger partial charge on any atom is -0.394 e. The number of anilines is 2. The Balaban J connectivity index is 2.18. The molecule has 1 aliphatic rings. The van der Waals surface area contributed by atoms with Gasteiger partial charge in [-0.25, -0.2) is 4.79 Å². The van der Waals surface area contributed by atoms with Crippen molar-refractivity contribution in [3.8, 4) is 0 Å². The normalized spacial score (nSPS) is 16.3. The molecule has 1 heterocycles. The minimum atomic E-state index is -0.248. The van der Waals surface area contributed by atoms with E-state index in [4.69, 9.17) is 11.6 Å². The van der Waals surface area contributed by atoms with Crippen LogP contribution in [0.25, 0.3) is 0 Å². The molecule has 0 spiro atoms. The maximum atomic E-state index is 12.3. The molecule has 1 saturated heterocycles. The number of likely N-dealkylation sites (N-methyl/N-ethyl adjacent to an activating group) is 1. The zero-order chi connectivity index (χ0) is 16.1. The molecule has 1 atom stereocenters. The molecule has 0 aromatic heterocycles. The lowest BCUT2D eigenvalue weighted by atomic mass is 10.1. The van der Waals surface area contributed by atoms with Gasteiger partial charge in [0.05, 0.1) is 24.0 Å². The molecule has 2 rings (SSSR count). The number of aliphatic hydroxyl groups excluding tert-OH is 1. The Kier molecular flexibility index (Phi) is 5.91. The molecule has 1 aromatic carbocycles. The van der Waals surface area contributed by atoms with Gasteiger partial charge in [0.2, 0.25) is 0 Å². The summed E-state index contributed by atoms with van der Waals surface area (Å²) in [6.45, 7) is 3.71. The number of hydrogen-bond acceptors (Lipinski definition) is 3. The highest BCUT2D eigenvalue weighted by Gasteiger charge is 2.19. The lowest BCUT2D eigenvalue weighted by molar-refractivity contribution is 0.166. The summed E-state index contributed by atoms with van der Waals surface area (Å²) in [5.41, 5.74) is 1.72. The van der Waals surface area contributed by atoms with E-state index in [1.54, 1.807) is 20.0 Å². The third-order valence-corrected chi connectivity index (χ3v) is 4.38. The maximum Gasteiger partial charge on any atom is 0.321 e. The van der Waals surface area contributed by atoms with Crippen molar-refractivity contribution in [2.75, 3.05) is 37.0 Å². The highest BCUT2D eigenvalue weighted by atomic mass is 35.5. The fraction of sp³-hybridized carbons (Fsp3) is 0.562. The van der Waals surface area contributed by atoms with Crippen molar-refractivity contribution < 1.29 is 9.90 Å². The van der Waals surface area contributed by atoms with E-state index in [-0.39, 0.29) is 18.7 Å². The van der Waals surface area contributed by atoms with E-state index >= 15 is 0 Å². The van der Waals surface area contributed by atoms with Crippen LogP contribution in [0.15, 0.2) is 18.2 Å². The average Bonchev–Trinajstić information content (AvgIpc) is 2.54. The quantitative estimate of drug-likeness (QED) is 0.894. The van der Waals surface area contributed by atoms with Crippen LogP contribution in [-0.2, 0) is 0 Å². The van der Waals surface area contributed by atoms with Crippen LogP contribution in [0.1, 0.15) is 26.2 Å². The van der Waals surface area contributed by atoms with Crippen LogP contribution in [0.5, 0.6) is 0 Å². The van der Waals surface area contributed by atoms with Crippen molar-refractivity contribution in [3.63, 3.8) is 0 Å². The lowest BCUT2D eigenvalue weighted by Gasteiger charge is -2.31. The summed E-state index contributed by atoms with van der Waals surface area (Å²) in [7, 11) is 1.67. The van der Waals surface area contributed by atoms with Gasteiger partial charge in [-0.1, -0.05) is 11.6 Å². The van der Waals surface area contributed by atoms with Gasteiger partial charge < -0.3 is 20.2 Å². The molecular formula is C16H24ClN3O2. The number of nitrogens with one attached hydrogen (secondary N) is 1. The van der Waals surface area contributed by atoms with Crippen LogP contribution in [0.3, 0.4) is 0 Å². The number of amides is 2. The molecule has 0 bridgehead atoms. The summed E-state index contributed by atoms with van der Waals surface area (Å²) in [5, 5.41) is 12.7. The number of urea groups is 1. The number of hydrogen-bond donors (Lipinski definition) is 2. The van der Waals surface area contributed by atoms with Gasteiger partial charge in [-0.05, 0) is 44.4 Å². The van der Waals surface area contributed by atoms with Crippen molar-refractivity contribution in [1.82, 2.24) is 4.90 Å². The first kappa shape index (κ1) is 16.9. The van der Waals surface area contributed by atoms with E-state index in [0.29, 0.717) is 5.02 Å². The number of halogens is 1. The molecule has 2 N–H and O–H groups in total. The van der Waals surface area contributed by atoms with Gasteiger partial charge in [0.25, 0.3) is 0 Å². The summed E-state index contributed by atoms with van der Waals surface area (Å²) < 4.78 is 0. The zero-order valence-corrected chi connectivity index (χ0v) is 13.9. The Hall–Kier alpha value is -1.46. The third kappa shape index (κ3) is 4.05. The molecule has 5 nitrogen and oxygen atoms in total. The van der Waals surface area contributed by atoms with Gasteiger partial charge >= 0.3 is 6.03 Å². The Morgan fingerprint density at radius 3 is 2.73 bits per heavy atom. The number of aliphatic hydroxyl groups is 1. The zero-order valence-electron chi connectivity index (χ0n) is 13.2. The van der Waals surface area contributed by atoms with Crippen molar-refractivity contribution in [1.29, 1.82) is 0 Å². The maximum absolute atomic E-state index is 12.3. The second kappa shape index (κ2) is 7.70. The number of nitrogens with zero attached hydrogens (tertiary/aromatic N) is 2. The van der Waals surface area contributed by atoms with Crippen molar-refractivity contribution in [3.05, 3.63) is 23.2 Å². The standard InChI is InChI=1S/C16H24ClN3O2/c1-12(11-21)19(2)16(22)18-14-10-13(17)6-7-15(14)20-8-4-3-5-9-20/h6-7,10,12,21H,3-5,8-9,11H2,1-2H3,(H,18,22)/t12-/m0/s1. The molecule has 122 valence electrons. The Bertz CT molecular complexity index is 518. The Labute approximate surface area is 136 Å². The molecule has 0 saturated carbocycles. The molecule has 1 aliphatic heterocycles. The van der Waals surface area contributed by atoms with Crippen LogP contribution in [0.2, 0.25) is 5.02 Å². The topological polar surface area (TPSA) is 55.8 Å². The minimum absolute atomic E-state index is 0.0710. The largest absolute Gasteiger partial charge is 0.394 e. The molecule has 0 aliphatic carbocycles. The van der Waals surface area contributed by atoms with Gasteiger partial charge in [0, 0.05) is 25.2 Å². The third-order valence-electron chi connectivity index (χ3n) is 4.14. The average molecular weight is 326 g/mol. The first-order valence-electron chi connectivity index (χ1n) is 7.72. The SMILES string of the molecule is C[C@@H](CO)N(C)C(=O)Nc1cc(Cl)ccc1N1CCCCC1. The van der Waals surface area contributed by atoms with Crippen LogP contribution in [0, 0.1) is 0 Å². The van der Waals surface area contributed by atoms with Crippen LogP contribution >= 0.6 is 11.6 Å². The lowest BCUT2D eigenvalue weighted by Crippen LogP contribution is -2.40. The van der Waals surface area contributed by atoms with E-state index in [1.807, 2.05) is 12.1 Å². The predicted octanol–water partition coefficient (Wildman–Crippen LogP) is 3.17. The number of carbonyl (C=O) groups excluding carboxylic acids is 1. The molecule has 2 amide bonds. The summed E-state index contributed by atoms with van der Waals surface area (Å²) in [6.07, 6.45) is 3.58. The van der Waals surface area contributed by atoms with E-state index in [1.165, 1.54) is 11.3 Å². The van der Waals surface area contributed by atoms with Crippen molar-refractivity contribution in [2.24, 2.45) is 0 Å². The number of benzene rings is 1. The van der Waals surface area contributed by atoms with Crippen molar-refractivity contribution >= 4 is 29.0 Å². The second-order valence-corrected chi connectivity index (χ2v) is 6.22. The molecule has 0 radical (unpaired) electrons. The van der Waals surface area contributed by atoms with Crippen LogP contribution in [0.4, 0.5) is 16.2 Å². The number of rotatable bonds is 4. The van der Waals surface area contributed by atoms with Gasteiger partial charge in [-0.15, -0.1) is 0 Å². The molecule has 22 heavy (non-hydrogen) atoms. The van der Waals surface area contributed by atoms with Crippen molar-refractivity contribution in [2.45, 2.75) is 32.2 Å². The Morgan fingerprint density at radius 1 is 1.41 bits per heavy atom. The van der Waals surface area contributed by atoms with Gasteiger partial charge in [-0.3, -0.25) is 0 Å². The van der Waals surface area contributed by atoms with Crippen LogP contribution in [-0.4, -0.2) is 48.8 Å². The second-order valence-electron chi connectivity index (χ2n) is 5.78. The fourth-order valence-corrected chi connectivity index (χ4v) is 2.72. The fourth-order valence-electron chi connectivity index (χ4n) is 2.54. The van der Waals surface area contributed by atoms with E-state index in [9.17, 15) is 9.90 Å². The number of carbonyl (C=O) groups is 1. The molecule has 6 heteroatoms. The Morgan fingerprint density at radius 2 is 2.09 bits per heavy atom. The smallest absolute Gasteiger partial charge is 0.321 e. The van der Waals surface area contributed by atoms with E-state index in [2.05, 4.69) is 10.2 Å². The first-order chi connectivity index (χ1) is 10.5. The predicted molar refractivity (Wildman–Crippen MR) is 90.8 cm³/mol.